The smallest absolute Gasteiger partial charge is 0.293 e. The first kappa shape index (κ1) is 16.4. The third-order valence-electron chi connectivity index (χ3n) is 3.15. The van der Waals surface area contributed by atoms with Crippen LogP contribution >= 0.6 is 11.3 Å². The number of furan rings is 1. The summed E-state index contributed by atoms with van der Waals surface area (Å²) >= 11 is 1.34. The van der Waals surface area contributed by atoms with E-state index < -0.39 is 10.0 Å². The highest BCUT2D eigenvalue weighted by atomic mass is 32.2. The maximum atomic E-state index is 11.9. The molecule has 1 amide bonds. The first-order chi connectivity index (χ1) is 11.4. The lowest BCUT2D eigenvalue weighted by Gasteiger charge is -2.01. The number of primary sulfonamides is 1. The van der Waals surface area contributed by atoms with Crippen LogP contribution in [0.25, 0.3) is 0 Å². The number of nitrogens with zero attached hydrogens (tertiary/aromatic N) is 1. The number of carbonyl (C=O) groups is 1. The number of benzene rings is 1. The van der Waals surface area contributed by atoms with Crippen molar-refractivity contribution in [2.45, 2.75) is 11.3 Å². The van der Waals surface area contributed by atoms with Gasteiger partial charge in [-0.15, -0.1) is 11.3 Å². The van der Waals surface area contributed by atoms with E-state index in [9.17, 15) is 13.2 Å². The maximum Gasteiger partial charge on any atom is 0.293 e. The molecule has 0 bridgehead atoms. The van der Waals surface area contributed by atoms with Gasteiger partial charge in [-0.05, 0) is 29.8 Å². The van der Waals surface area contributed by atoms with E-state index in [-0.39, 0.29) is 16.6 Å². The second kappa shape index (κ2) is 6.56. The zero-order valence-electron chi connectivity index (χ0n) is 12.3. The van der Waals surface area contributed by atoms with Crippen LogP contribution in [-0.2, 0) is 16.4 Å². The number of anilines is 1. The van der Waals surface area contributed by atoms with Gasteiger partial charge in [0.05, 0.1) is 11.2 Å². The maximum absolute atomic E-state index is 11.9. The summed E-state index contributed by atoms with van der Waals surface area (Å²) in [6.07, 6.45) is 3.66. The number of nitrogens with two attached hydrogens (primary N) is 1. The number of rotatable bonds is 5. The Bertz CT molecular complexity index is 945. The summed E-state index contributed by atoms with van der Waals surface area (Å²) in [7, 11) is -3.69. The van der Waals surface area contributed by atoms with Gasteiger partial charge in [0.2, 0.25) is 10.0 Å². The fraction of sp³-hybridized carbons (Fsp3) is 0.0667. The fourth-order valence-electron chi connectivity index (χ4n) is 2.01. The van der Waals surface area contributed by atoms with Crippen LogP contribution in [0, 0.1) is 0 Å². The number of nitrogens with one attached hydrogen (secondary N) is 1. The van der Waals surface area contributed by atoms with Crippen molar-refractivity contribution in [2.24, 2.45) is 5.14 Å². The lowest BCUT2D eigenvalue weighted by molar-refractivity contribution is 0.0996. The summed E-state index contributed by atoms with van der Waals surface area (Å²) in [4.78, 5) is 17.0. The molecule has 0 atom stereocenters. The molecule has 0 fully saturated rings. The van der Waals surface area contributed by atoms with Gasteiger partial charge in [-0.3, -0.25) is 10.1 Å². The summed E-state index contributed by atoms with van der Waals surface area (Å²) in [5.41, 5.74) is 0.912. The Balaban J connectivity index is 1.67. The minimum atomic E-state index is -3.69. The van der Waals surface area contributed by atoms with Crippen molar-refractivity contribution in [3.05, 3.63) is 65.1 Å². The quantitative estimate of drug-likeness (QED) is 0.721. The first-order valence-electron chi connectivity index (χ1n) is 6.83. The molecule has 2 aromatic heterocycles. The van der Waals surface area contributed by atoms with Gasteiger partial charge < -0.3 is 4.42 Å². The molecule has 24 heavy (non-hydrogen) atoms. The number of thiazole rings is 1. The molecule has 3 rings (SSSR count). The van der Waals surface area contributed by atoms with E-state index in [4.69, 9.17) is 9.56 Å². The van der Waals surface area contributed by atoms with Crippen LogP contribution in [-0.4, -0.2) is 19.3 Å². The van der Waals surface area contributed by atoms with Crippen molar-refractivity contribution in [3.8, 4) is 0 Å². The van der Waals surface area contributed by atoms with Crippen LogP contribution < -0.4 is 10.5 Å². The minimum Gasteiger partial charge on any atom is -0.459 e. The molecule has 124 valence electrons. The average Bonchev–Trinajstić information content (AvgIpc) is 3.19. The number of aromatic nitrogens is 1. The second-order valence-electron chi connectivity index (χ2n) is 4.93. The van der Waals surface area contributed by atoms with Crippen molar-refractivity contribution >= 4 is 32.4 Å². The van der Waals surface area contributed by atoms with Gasteiger partial charge in [-0.2, -0.15) is 0 Å². The van der Waals surface area contributed by atoms with Crippen LogP contribution in [0.5, 0.6) is 0 Å². The number of hydrogen-bond acceptors (Lipinski definition) is 6. The summed E-state index contributed by atoms with van der Waals surface area (Å²) in [5.74, 6) is -0.149. The van der Waals surface area contributed by atoms with Crippen LogP contribution in [0.3, 0.4) is 0 Å². The molecule has 7 nitrogen and oxygen atoms in total. The Labute approximate surface area is 142 Å². The Kier molecular flexibility index (Phi) is 4.47. The molecular weight excluding hydrogens is 350 g/mol. The Hall–Kier alpha value is -2.49. The molecular formula is C15H13N3O4S2. The molecule has 0 saturated carbocycles. The van der Waals surface area contributed by atoms with Crippen LogP contribution in [0.1, 0.15) is 21.0 Å². The normalized spacial score (nSPS) is 11.4. The number of hydrogen-bond donors (Lipinski definition) is 2. The van der Waals surface area contributed by atoms with Crippen molar-refractivity contribution in [2.75, 3.05) is 5.32 Å². The largest absolute Gasteiger partial charge is 0.459 e. The molecule has 0 spiro atoms. The molecule has 9 heteroatoms. The van der Waals surface area contributed by atoms with E-state index in [0.29, 0.717) is 11.6 Å². The lowest BCUT2D eigenvalue weighted by atomic mass is 10.1. The Morgan fingerprint density at radius 2 is 2.00 bits per heavy atom. The van der Waals surface area contributed by atoms with Crippen molar-refractivity contribution in [3.63, 3.8) is 0 Å². The molecule has 0 unspecified atom stereocenters. The molecule has 3 aromatic rings. The van der Waals surface area contributed by atoms with Crippen molar-refractivity contribution < 1.29 is 17.6 Å². The third-order valence-corrected chi connectivity index (χ3v) is 4.99. The summed E-state index contributed by atoms with van der Waals surface area (Å²) in [6.45, 7) is 0. The van der Waals surface area contributed by atoms with Crippen LogP contribution in [0.4, 0.5) is 5.13 Å². The standard InChI is InChI=1S/C15H13N3O4S2/c16-24(20,21)12-5-3-10(4-6-12)8-11-9-17-15(23-11)18-14(19)13-2-1-7-22-13/h1-7,9H,8H2,(H2,16,20,21)(H,17,18,19). The second-order valence-corrected chi connectivity index (χ2v) is 7.61. The van der Waals surface area contributed by atoms with E-state index >= 15 is 0 Å². The monoisotopic (exact) mass is 363 g/mol. The van der Waals surface area contributed by atoms with Crippen molar-refractivity contribution in [1.29, 1.82) is 0 Å². The SMILES string of the molecule is NS(=O)(=O)c1ccc(Cc2cnc(NC(=O)c3ccco3)s2)cc1. The minimum absolute atomic E-state index is 0.0713. The van der Waals surface area contributed by atoms with E-state index in [2.05, 4.69) is 10.3 Å². The predicted molar refractivity (Wildman–Crippen MR) is 89.4 cm³/mol. The molecule has 0 aliphatic rings. The molecule has 0 saturated heterocycles. The molecule has 0 radical (unpaired) electrons. The zero-order chi connectivity index (χ0) is 17.2. The molecule has 1 aromatic carbocycles. The summed E-state index contributed by atoms with van der Waals surface area (Å²) in [5, 5.41) is 8.19. The fourth-order valence-corrected chi connectivity index (χ4v) is 3.37. The van der Waals surface area contributed by atoms with E-state index in [1.54, 1.807) is 30.5 Å². The Morgan fingerprint density at radius 1 is 1.25 bits per heavy atom. The van der Waals surface area contributed by atoms with Crippen LogP contribution in [0.2, 0.25) is 0 Å². The summed E-state index contributed by atoms with van der Waals surface area (Å²) < 4.78 is 27.5. The van der Waals surface area contributed by atoms with Gasteiger partial charge in [-0.25, -0.2) is 18.5 Å². The highest BCUT2D eigenvalue weighted by molar-refractivity contribution is 7.89. The van der Waals surface area contributed by atoms with E-state index in [1.165, 1.54) is 29.7 Å². The lowest BCUT2D eigenvalue weighted by Crippen LogP contribution is -2.11. The topological polar surface area (TPSA) is 115 Å². The third kappa shape index (κ3) is 3.88. The van der Waals surface area contributed by atoms with Crippen LogP contribution in [0.15, 0.2) is 58.2 Å². The van der Waals surface area contributed by atoms with E-state index in [1.807, 2.05) is 0 Å². The number of amides is 1. The zero-order valence-corrected chi connectivity index (χ0v) is 13.9. The summed E-state index contributed by atoms with van der Waals surface area (Å²) in [6, 6.07) is 9.52. The highest BCUT2D eigenvalue weighted by Gasteiger charge is 2.12. The first-order valence-corrected chi connectivity index (χ1v) is 9.19. The number of carbonyl (C=O) groups excluding carboxylic acids is 1. The van der Waals surface area contributed by atoms with Gasteiger partial charge in [0.15, 0.2) is 10.9 Å². The highest BCUT2D eigenvalue weighted by Crippen LogP contribution is 2.22. The van der Waals surface area contributed by atoms with Gasteiger partial charge in [-0.1, -0.05) is 12.1 Å². The predicted octanol–water partition coefficient (Wildman–Crippen LogP) is 2.23. The van der Waals surface area contributed by atoms with Gasteiger partial charge in [0.25, 0.3) is 5.91 Å². The Morgan fingerprint density at radius 3 is 2.62 bits per heavy atom. The van der Waals surface area contributed by atoms with E-state index in [0.717, 1.165) is 10.4 Å². The molecule has 2 heterocycles. The van der Waals surface area contributed by atoms with Gasteiger partial charge >= 0.3 is 0 Å². The van der Waals surface area contributed by atoms with Gasteiger partial charge in [0, 0.05) is 17.5 Å². The van der Waals surface area contributed by atoms with Gasteiger partial charge in [0.1, 0.15) is 0 Å². The molecule has 3 N–H and O–H groups in total. The number of sulfonamides is 1. The average molecular weight is 363 g/mol. The van der Waals surface area contributed by atoms with Crippen molar-refractivity contribution in [1.82, 2.24) is 4.98 Å². The molecule has 0 aliphatic carbocycles. The molecule has 0 aliphatic heterocycles.